The molecule has 0 aromatic heterocycles. The first kappa shape index (κ1) is 28.7. The third kappa shape index (κ3) is 8.60. The molecule has 0 aliphatic carbocycles. The van der Waals surface area contributed by atoms with Gasteiger partial charge in [0.05, 0.1) is 63.0 Å². The molecular formula is C27H35ClN2O7. The SMILES string of the molecule is CCOc1cc(C2=NN(C(=O)c3ccc(OCCOCCOCCOC)cc3Cl)CCC2)ccc1OC. The maximum Gasteiger partial charge on any atom is 0.275 e. The molecule has 0 N–H and O–H groups in total. The van der Waals surface area contributed by atoms with Gasteiger partial charge in [-0.25, -0.2) is 5.01 Å². The largest absolute Gasteiger partial charge is 0.493 e. The molecule has 10 heteroatoms. The lowest BCUT2D eigenvalue weighted by Gasteiger charge is -2.24. The van der Waals surface area contributed by atoms with Crippen molar-refractivity contribution in [2.75, 3.05) is 67.0 Å². The number of rotatable bonds is 15. The van der Waals surface area contributed by atoms with Gasteiger partial charge in [0.2, 0.25) is 0 Å². The van der Waals surface area contributed by atoms with E-state index in [-0.39, 0.29) is 5.91 Å². The van der Waals surface area contributed by atoms with E-state index in [1.807, 2.05) is 25.1 Å². The van der Waals surface area contributed by atoms with Crippen LogP contribution in [0.5, 0.6) is 17.2 Å². The fourth-order valence-corrected chi connectivity index (χ4v) is 3.95. The summed E-state index contributed by atoms with van der Waals surface area (Å²) in [7, 11) is 3.23. The lowest BCUT2D eigenvalue weighted by Crippen LogP contribution is -2.32. The standard InChI is InChI=1S/C27H35ClN2O7/c1-4-36-26-18-20(7-10-25(26)33-3)24-6-5-11-30(29-24)27(31)22-9-8-21(19-23(22)28)37-17-16-35-15-14-34-13-12-32-2/h7-10,18-19H,4-6,11-17H2,1-3H3. The third-order valence-electron chi connectivity index (χ3n) is 5.53. The molecule has 1 amide bonds. The Balaban J connectivity index is 1.57. The molecule has 0 unspecified atom stereocenters. The summed E-state index contributed by atoms with van der Waals surface area (Å²) in [5, 5.41) is 6.40. The number of nitrogens with zero attached hydrogens (tertiary/aromatic N) is 2. The molecule has 202 valence electrons. The first-order valence-corrected chi connectivity index (χ1v) is 12.7. The van der Waals surface area contributed by atoms with Gasteiger partial charge in [-0.1, -0.05) is 11.6 Å². The van der Waals surface area contributed by atoms with Crippen LogP contribution in [-0.2, 0) is 14.2 Å². The summed E-state index contributed by atoms with van der Waals surface area (Å²) < 4.78 is 32.5. The third-order valence-corrected chi connectivity index (χ3v) is 5.84. The van der Waals surface area contributed by atoms with Crippen molar-refractivity contribution in [3.8, 4) is 17.2 Å². The Hall–Kier alpha value is -2.85. The number of hydrogen-bond acceptors (Lipinski definition) is 8. The first-order valence-electron chi connectivity index (χ1n) is 12.3. The van der Waals surface area contributed by atoms with E-state index < -0.39 is 0 Å². The molecule has 2 aromatic carbocycles. The van der Waals surface area contributed by atoms with Crippen LogP contribution in [0.4, 0.5) is 0 Å². The maximum atomic E-state index is 13.2. The summed E-state index contributed by atoms with van der Waals surface area (Å²) >= 11 is 6.44. The smallest absolute Gasteiger partial charge is 0.275 e. The summed E-state index contributed by atoms with van der Waals surface area (Å²) in [4.78, 5) is 13.2. The van der Waals surface area contributed by atoms with Gasteiger partial charge in [0.15, 0.2) is 11.5 Å². The van der Waals surface area contributed by atoms with E-state index in [9.17, 15) is 4.79 Å². The van der Waals surface area contributed by atoms with Crippen molar-refractivity contribution in [3.05, 3.63) is 52.5 Å². The van der Waals surface area contributed by atoms with Crippen LogP contribution in [-0.4, -0.2) is 83.6 Å². The zero-order valence-electron chi connectivity index (χ0n) is 21.7. The van der Waals surface area contributed by atoms with Crippen LogP contribution in [0.3, 0.4) is 0 Å². The van der Waals surface area contributed by atoms with E-state index >= 15 is 0 Å². The average Bonchev–Trinajstić information content (AvgIpc) is 2.92. The van der Waals surface area contributed by atoms with Crippen LogP contribution >= 0.6 is 11.6 Å². The van der Waals surface area contributed by atoms with Gasteiger partial charge in [-0.3, -0.25) is 4.79 Å². The number of amides is 1. The average molecular weight is 535 g/mol. The minimum Gasteiger partial charge on any atom is -0.493 e. The van der Waals surface area contributed by atoms with Crippen LogP contribution < -0.4 is 14.2 Å². The van der Waals surface area contributed by atoms with Gasteiger partial charge in [0.1, 0.15) is 12.4 Å². The molecule has 0 saturated carbocycles. The molecule has 0 radical (unpaired) electrons. The second-order valence-corrected chi connectivity index (χ2v) is 8.49. The van der Waals surface area contributed by atoms with Crippen LogP contribution in [0.25, 0.3) is 0 Å². The predicted molar refractivity (Wildman–Crippen MR) is 141 cm³/mol. The molecule has 1 heterocycles. The molecule has 9 nitrogen and oxygen atoms in total. The lowest BCUT2D eigenvalue weighted by molar-refractivity contribution is 0.0180. The monoisotopic (exact) mass is 534 g/mol. The molecule has 1 aliphatic heterocycles. The van der Waals surface area contributed by atoms with Gasteiger partial charge >= 0.3 is 0 Å². The predicted octanol–water partition coefficient (Wildman–Crippen LogP) is 4.45. The van der Waals surface area contributed by atoms with Crippen molar-refractivity contribution in [3.63, 3.8) is 0 Å². The van der Waals surface area contributed by atoms with Crippen molar-refractivity contribution in [1.82, 2.24) is 5.01 Å². The highest BCUT2D eigenvalue weighted by atomic mass is 35.5. The molecule has 0 spiro atoms. The van der Waals surface area contributed by atoms with Crippen molar-refractivity contribution in [2.45, 2.75) is 19.8 Å². The van der Waals surface area contributed by atoms with Crippen molar-refractivity contribution in [1.29, 1.82) is 0 Å². The van der Waals surface area contributed by atoms with Gasteiger partial charge in [-0.15, -0.1) is 0 Å². The number of hydrogen-bond donors (Lipinski definition) is 0. The Labute approximate surface area is 223 Å². The van der Waals surface area contributed by atoms with Crippen LogP contribution in [0.1, 0.15) is 35.7 Å². The second kappa shape index (κ2) is 15.4. The fraction of sp³-hybridized carbons (Fsp3) is 0.481. The molecule has 0 bridgehead atoms. The van der Waals surface area contributed by atoms with Gasteiger partial charge in [-0.05, 0) is 56.2 Å². The molecule has 3 rings (SSSR count). The Kier molecular flexibility index (Phi) is 12.0. The van der Waals surface area contributed by atoms with Gasteiger partial charge < -0.3 is 28.4 Å². The zero-order chi connectivity index (χ0) is 26.5. The zero-order valence-corrected chi connectivity index (χ0v) is 22.4. The van der Waals surface area contributed by atoms with Crippen LogP contribution in [0, 0.1) is 0 Å². The number of ether oxygens (including phenoxy) is 6. The van der Waals surface area contributed by atoms with E-state index in [4.69, 9.17) is 40.0 Å². The summed E-state index contributed by atoms with van der Waals surface area (Å²) in [6.07, 6.45) is 1.54. The van der Waals surface area contributed by atoms with E-state index in [2.05, 4.69) is 5.10 Å². The van der Waals surface area contributed by atoms with Gasteiger partial charge in [0.25, 0.3) is 5.91 Å². The molecule has 2 aromatic rings. The molecule has 0 fully saturated rings. The van der Waals surface area contributed by atoms with Gasteiger partial charge in [-0.2, -0.15) is 5.10 Å². The fourth-order valence-electron chi connectivity index (χ4n) is 3.70. The summed E-state index contributed by atoms with van der Waals surface area (Å²) in [6.45, 7) is 5.79. The topological polar surface area (TPSA) is 88.1 Å². The highest BCUT2D eigenvalue weighted by molar-refractivity contribution is 6.34. The number of carbonyl (C=O) groups excluding carboxylic acids is 1. The number of methoxy groups -OCH3 is 2. The minimum atomic E-state index is -0.260. The highest BCUT2D eigenvalue weighted by Gasteiger charge is 2.23. The molecule has 0 saturated heterocycles. The number of hydrazone groups is 1. The number of benzene rings is 2. The van der Waals surface area contributed by atoms with Crippen LogP contribution in [0.15, 0.2) is 41.5 Å². The molecular weight excluding hydrogens is 500 g/mol. The summed E-state index contributed by atoms with van der Waals surface area (Å²) in [5.41, 5.74) is 2.07. The number of carbonyl (C=O) groups is 1. The molecule has 37 heavy (non-hydrogen) atoms. The van der Waals surface area contributed by atoms with Gasteiger partial charge in [0, 0.05) is 19.2 Å². The normalized spacial score (nSPS) is 13.3. The Bertz CT molecular complexity index is 1050. The summed E-state index contributed by atoms with van der Waals surface area (Å²) in [6, 6.07) is 10.7. The maximum absolute atomic E-state index is 13.2. The van der Waals surface area contributed by atoms with Crippen LogP contribution in [0.2, 0.25) is 5.02 Å². The Morgan fingerprint density at radius 3 is 2.41 bits per heavy atom. The lowest BCUT2D eigenvalue weighted by atomic mass is 10.0. The quantitative estimate of drug-likeness (QED) is 0.312. The first-order chi connectivity index (χ1) is 18.1. The highest BCUT2D eigenvalue weighted by Crippen LogP contribution is 2.30. The van der Waals surface area contributed by atoms with E-state index in [0.717, 1.165) is 24.1 Å². The Morgan fingerprint density at radius 2 is 1.70 bits per heavy atom. The van der Waals surface area contributed by atoms with E-state index in [1.54, 1.807) is 32.4 Å². The minimum absolute atomic E-state index is 0.260. The van der Waals surface area contributed by atoms with Crippen molar-refractivity contribution in [2.24, 2.45) is 5.10 Å². The molecule has 0 atom stereocenters. The molecule has 1 aliphatic rings. The van der Waals surface area contributed by atoms with Crippen molar-refractivity contribution < 1.29 is 33.2 Å². The van der Waals surface area contributed by atoms with Crippen molar-refractivity contribution >= 4 is 23.2 Å². The summed E-state index contributed by atoms with van der Waals surface area (Å²) in [5.74, 6) is 1.60. The van der Waals surface area contributed by atoms with E-state index in [1.165, 1.54) is 5.01 Å². The second-order valence-electron chi connectivity index (χ2n) is 8.08. The van der Waals surface area contributed by atoms with E-state index in [0.29, 0.717) is 80.6 Å². The Morgan fingerprint density at radius 1 is 0.946 bits per heavy atom. The number of halogens is 1.